The summed E-state index contributed by atoms with van der Waals surface area (Å²) in [5.41, 5.74) is 0.972. The van der Waals surface area contributed by atoms with Crippen LogP contribution in [-0.4, -0.2) is 137 Å². The number of piperidine rings is 1. The van der Waals surface area contributed by atoms with E-state index in [0.717, 1.165) is 18.6 Å². The zero-order valence-corrected chi connectivity index (χ0v) is 34.8. The van der Waals surface area contributed by atoms with Crippen molar-refractivity contribution in [2.24, 2.45) is 0 Å². The van der Waals surface area contributed by atoms with Crippen molar-refractivity contribution in [2.75, 3.05) is 55.5 Å². The minimum atomic E-state index is -1.54. The molecular weight excluding hydrogens is 806 g/mol. The van der Waals surface area contributed by atoms with E-state index < -0.39 is 35.2 Å². The van der Waals surface area contributed by atoms with Crippen LogP contribution in [0.5, 0.6) is 0 Å². The van der Waals surface area contributed by atoms with E-state index in [1.807, 2.05) is 39.5 Å². The zero-order valence-electron chi connectivity index (χ0n) is 34.8. The maximum absolute atomic E-state index is 15.5. The molecule has 2 aromatic carbocycles. The van der Waals surface area contributed by atoms with Gasteiger partial charge in [0.15, 0.2) is 11.5 Å². The second kappa shape index (κ2) is 14.6. The van der Waals surface area contributed by atoms with Gasteiger partial charge in [0.05, 0.1) is 53.0 Å². The standard InChI is InChI=1S/C43H45F3N12O4/c1-22-48-33-13-24(45)11-29-32-7-6-8-36(50-32)49-25-14-35(40(59)53(4)20-28(62-5)21-55(22)37(29)33)56(17-25)38-30-16-47-58(34-10-9-23(44)12-31(34)46)39(30)52-42(51-38)57-26-15-27(57)19-54(18-26)41(60)43(2,3)61/h6-13,16,25-28,35,61H,14-15,17-21H2,1-5H3,(H,49,50)/t25-,26?,27?,28-,35-/m0/s1. The molecule has 4 aliphatic rings. The first-order chi connectivity index (χ1) is 29.6. The Labute approximate surface area is 353 Å². The van der Waals surface area contributed by atoms with Crippen molar-refractivity contribution in [3.63, 3.8) is 0 Å². The molecule has 4 aliphatic heterocycles. The lowest BCUT2D eigenvalue weighted by Crippen LogP contribution is -2.71. The fraction of sp³-hybridized carbons (Fsp3) is 0.419. The smallest absolute Gasteiger partial charge is 0.254 e. The number of benzene rings is 2. The summed E-state index contributed by atoms with van der Waals surface area (Å²) in [6.45, 7) is 6.25. The predicted molar refractivity (Wildman–Crippen MR) is 223 cm³/mol. The summed E-state index contributed by atoms with van der Waals surface area (Å²) in [6.07, 6.45) is 2.13. The molecule has 0 saturated carbocycles. The summed E-state index contributed by atoms with van der Waals surface area (Å²) in [7, 11) is 3.32. The summed E-state index contributed by atoms with van der Waals surface area (Å²) < 4.78 is 54.1. The van der Waals surface area contributed by atoms with E-state index in [0.29, 0.717) is 77.1 Å². The van der Waals surface area contributed by atoms with Gasteiger partial charge in [-0.2, -0.15) is 15.1 Å². The van der Waals surface area contributed by atoms with Crippen LogP contribution in [0.1, 0.15) is 32.5 Å². The molecule has 10 rings (SSSR count). The molecule has 0 radical (unpaired) electrons. The van der Waals surface area contributed by atoms with Gasteiger partial charge in [-0.25, -0.2) is 27.8 Å². The van der Waals surface area contributed by atoms with E-state index in [1.54, 1.807) is 24.0 Å². The molecule has 19 heteroatoms. The van der Waals surface area contributed by atoms with Gasteiger partial charge >= 0.3 is 0 Å². The first-order valence-corrected chi connectivity index (χ1v) is 20.6. The van der Waals surface area contributed by atoms with Crippen molar-refractivity contribution in [1.82, 2.24) is 44.1 Å². The summed E-state index contributed by atoms with van der Waals surface area (Å²) in [4.78, 5) is 55.0. The minimum absolute atomic E-state index is 0.0269. The number of carbonyl (C=O) groups is 2. The average Bonchev–Trinajstić information content (AvgIpc) is 3.93. The molecule has 4 aromatic heterocycles. The minimum Gasteiger partial charge on any atom is -0.381 e. The van der Waals surface area contributed by atoms with E-state index in [4.69, 9.17) is 19.7 Å². The molecule has 62 heavy (non-hydrogen) atoms. The van der Waals surface area contributed by atoms with E-state index in [-0.39, 0.29) is 54.4 Å². The second-order valence-corrected chi connectivity index (χ2v) is 17.3. The largest absolute Gasteiger partial charge is 0.381 e. The molecule has 6 bridgehead atoms. The first-order valence-electron chi connectivity index (χ1n) is 20.6. The van der Waals surface area contributed by atoms with Crippen molar-refractivity contribution >= 4 is 51.5 Å². The Hall–Kier alpha value is -6.34. The normalized spacial score (nSPS) is 22.8. The lowest BCUT2D eigenvalue weighted by Gasteiger charge is -2.56. The van der Waals surface area contributed by atoms with Gasteiger partial charge in [-0.15, -0.1) is 0 Å². The molecule has 3 fully saturated rings. The van der Waals surface area contributed by atoms with Gasteiger partial charge in [0.25, 0.3) is 5.91 Å². The number of piperazine rings is 1. The number of imidazole rings is 1. The number of amides is 2. The number of rotatable bonds is 5. The maximum Gasteiger partial charge on any atom is 0.254 e. The molecule has 2 amide bonds. The van der Waals surface area contributed by atoms with Crippen LogP contribution < -0.4 is 15.1 Å². The van der Waals surface area contributed by atoms with Gasteiger partial charge in [0.2, 0.25) is 11.9 Å². The van der Waals surface area contributed by atoms with Gasteiger partial charge in [-0.3, -0.25) is 9.59 Å². The number of likely N-dealkylation sites (N-methyl/N-ethyl adjacent to an activating group) is 1. The molecule has 0 aliphatic carbocycles. The number of aromatic nitrogens is 7. The molecule has 0 spiro atoms. The number of methoxy groups -OCH3 is 1. The number of ether oxygens (including phenoxy) is 1. The Morgan fingerprint density at radius 3 is 2.47 bits per heavy atom. The lowest BCUT2D eigenvalue weighted by atomic mass is 9.87. The van der Waals surface area contributed by atoms with Crippen LogP contribution in [0.3, 0.4) is 0 Å². The van der Waals surface area contributed by atoms with Crippen LogP contribution in [-0.2, 0) is 20.9 Å². The number of anilines is 3. The highest BCUT2D eigenvalue weighted by Gasteiger charge is 2.50. The molecule has 2 unspecified atom stereocenters. The predicted octanol–water partition coefficient (Wildman–Crippen LogP) is 4.06. The first kappa shape index (κ1) is 39.8. The highest BCUT2D eigenvalue weighted by atomic mass is 19.1. The number of aliphatic hydroxyl groups is 1. The molecule has 2 N–H and O–H groups in total. The third-order valence-electron chi connectivity index (χ3n) is 12.6. The van der Waals surface area contributed by atoms with Crippen LogP contribution in [0.15, 0.2) is 54.7 Å². The van der Waals surface area contributed by atoms with Gasteiger partial charge in [-0.05, 0) is 63.9 Å². The Morgan fingerprint density at radius 2 is 1.73 bits per heavy atom. The van der Waals surface area contributed by atoms with Crippen LogP contribution in [0.4, 0.5) is 30.8 Å². The summed E-state index contributed by atoms with van der Waals surface area (Å²) in [5.74, 6) is -0.748. The van der Waals surface area contributed by atoms with E-state index in [2.05, 4.69) is 15.4 Å². The topological polar surface area (TPSA) is 163 Å². The number of aryl methyl sites for hydroxylation is 1. The molecule has 5 atom stereocenters. The third kappa shape index (κ3) is 6.64. The fourth-order valence-electron chi connectivity index (χ4n) is 9.65. The summed E-state index contributed by atoms with van der Waals surface area (Å²) in [6, 6.07) is 10.1. The molecular formula is C43H45F3N12O4. The third-order valence-corrected chi connectivity index (χ3v) is 12.6. The zero-order chi connectivity index (χ0) is 43.4. The van der Waals surface area contributed by atoms with Crippen molar-refractivity contribution in [3.8, 4) is 16.9 Å². The molecule has 8 heterocycles. The molecule has 6 aromatic rings. The number of pyridine rings is 1. The number of hydrogen-bond acceptors (Lipinski definition) is 12. The average molecular weight is 851 g/mol. The van der Waals surface area contributed by atoms with Gasteiger partial charge in [0, 0.05) is 64.1 Å². The highest BCUT2D eigenvalue weighted by molar-refractivity contribution is 5.94. The molecule has 3 saturated heterocycles. The Kier molecular flexibility index (Phi) is 9.40. The number of hydrogen-bond donors (Lipinski definition) is 2. The number of nitrogens with one attached hydrogen (secondary N) is 1. The van der Waals surface area contributed by atoms with Gasteiger partial charge < -0.3 is 39.3 Å². The van der Waals surface area contributed by atoms with E-state index >= 15 is 8.78 Å². The van der Waals surface area contributed by atoms with Gasteiger partial charge in [0.1, 0.15) is 46.4 Å². The second-order valence-electron chi connectivity index (χ2n) is 17.3. The molecule has 16 nitrogen and oxygen atoms in total. The fourth-order valence-corrected chi connectivity index (χ4v) is 9.65. The van der Waals surface area contributed by atoms with E-state index in [1.165, 1.54) is 42.9 Å². The van der Waals surface area contributed by atoms with Gasteiger partial charge in [-0.1, -0.05) is 6.07 Å². The summed E-state index contributed by atoms with van der Waals surface area (Å²) in [5, 5.41) is 19.0. The number of carbonyl (C=O) groups excluding carboxylic acids is 2. The van der Waals surface area contributed by atoms with Crippen molar-refractivity contribution in [2.45, 2.75) is 76.0 Å². The van der Waals surface area contributed by atoms with Crippen molar-refractivity contribution < 1.29 is 32.6 Å². The van der Waals surface area contributed by atoms with E-state index in [9.17, 15) is 19.1 Å². The quantitative estimate of drug-likeness (QED) is 0.256. The number of nitrogens with zero attached hydrogens (tertiary/aromatic N) is 11. The van der Waals surface area contributed by atoms with Crippen molar-refractivity contribution in [3.05, 3.63) is 78.0 Å². The monoisotopic (exact) mass is 850 g/mol. The highest BCUT2D eigenvalue weighted by Crippen LogP contribution is 2.41. The van der Waals surface area contributed by atoms with Crippen LogP contribution in [0.25, 0.3) is 39.0 Å². The number of fused-ring (bicyclic) bond motifs is 8. The number of halogens is 3. The van der Waals surface area contributed by atoms with Crippen molar-refractivity contribution in [1.29, 1.82) is 0 Å². The Bertz CT molecular complexity index is 2780. The number of likely N-dealkylation sites (tertiary alicyclic amines) is 1. The Morgan fingerprint density at radius 1 is 0.935 bits per heavy atom. The van der Waals surface area contributed by atoms with Crippen LogP contribution in [0, 0.1) is 24.4 Å². The van der Waals surface area contributed by atoms with Crippen LogP contribution >= 0.6 is 0 Å². The Balaban J connectivity index is 1.08. The molecule has 322 valence electrons. The maximum atomic E-state index is 15.5. The summed E-state index contributed by atoms with van der Waals surface area (Å²) >= 11 is 0. The van der Waals surface area contributed by atoms with Crippen LogP contribution in [0.2, 0.25) is 0 Å². The lowest BCUT2D eigenvalue weighted by molar-refractivity contribution is -0.151. The SMILES string of the molecule is CO[C@H]1CN(C)C(=O)[C@@H]2C[C@@H](CN2c2nc(N3C4CC3CN(C(=O)C(C)(C)O)C4)nc3c2cnn3-c2ccc(F)cc2F)Nc2cccc(n2)-c2cc(F)cc3nc(C)n(c23)C1.